The van der Waals surface area contributed by atoms with Gasteiger partial charge in [-0.25, -0.2) is 14.4 Å². The second kappa shape index (κ2) is 9.64. The molecule has 213 valence electrons. The Morgan fingerprint density at radius 1 is 0.500 bits per heavy atom. The van der Waals surface area contributed by atoms with E-state index in [2.05, 4.69) is 14.2 Å². The Bertz CT molecular complexity index is 1240. The number of hydrogen-bond donors (Lipinski definition) is 12. The van der Waals surface area contributed by atoms with Crippen LogP contribution >= 0.6 is 0 Å². The normalized spacial score (nSPS) is 35.7. The summed E-state index contributed by atoms with van der Waals surface area (Å²) in [5, 5.41) is 107. The Morgan fingerprint density at radius 2 is 0.700 bits per heavy atom. The molecule has 6 aliphatic rings. The van der Waals surface area contributed by atoms with E-state index in [4.69, 9.17) is 61.3 Å². The molecule has 0 spiro atoms. The van der Waals surface area contributed by atoms with Crippen LogP contribution < -0.4 is 0 Å². The van der Waals surface area contributed by atoms with Gasteiger partial charge >= 0.3 is 17.9 Å². The van der Waals surface area contributed by atoms with Crippen molar-refractivity contribution in [3.63, 3.8) is 0 Å². The van der Waals surface area contributed by atoms with Crippen LogP contribution in [0.4, 0.5) is 0 Å². The van der Waals surface area contributed by atoms with Crippen LogP contribution in [0.5, 0.6) is 0 Å². The predicted molar refractivity (Wildman–Crippen MR) is 115 cm³/mol. The van der Waals surface area contributed by atoms with E-state index >= 15 is 0 Å². The molecule has 1 radical (unpaired) electrons. The van der Waals surface area contributed by atoms with E-state index in [1.165, 1.54) is 0 Å². The number of ether oxygens (including phenoxy) is 3. The maximum absolute atomic E-state index is 10.6. The van der Waals surface area contributed by atoms with Crippen molar-refractivity contribution >= 4 is 17.9 Å². The van der Waals surface area contributed by atoms with Crippen molar-refractivity contribution in [3.8, 4) is 0 Å². The van der Waals surface area contributed by atoms with Crippen LogP contribution in [0.15, 0.2) is 70.1 Å². The van der Waals surface area contributed by atoms with Gasteiger partial charge in [-0.05, 0) is 0 Å². The summed E-state index contributed by atoms with van der Waals surface area (Å²) in [5.74, 6) is -10.2. The molecule has 3 aliphatic heterocycles. The van der Waals surface area contributed by atoms with Gasteiger partial charge in [-0.3, -0.25) is 0 Å². The van der Waals surface area contributed by atoms with E-state index in [-0.39, 0.29) is 35.6 Å². The van der Waals surface area contributed by atoms with Gasteiger partial charge in [-0.1, -0.05) is 0 Å². The zero-order valence-corrected chi connectivity index (χ0v) is 23.0. The topological polar surface area (TPSA) is 332 Å². The fourth-order valence-corrected chi connectivity index (χ4v) is 3.84. The number of aliphatic carboxylic acids is 3. The number of aliphatic hydroxyl groups is 9. The standard InChI is InChI=1S/3C7H6O6.La/c3*8-2-1-7(6(11)12)5(13-7)4(10)3(2)9;/h3*1,5,8-10H,(H,11,12);. The van der Waals surface area contributed by atoms with Gasteiger partial charge in [0.2, 0.25) is 16.8 Å². The summed E-state index contributed by atoms with van der Waals surface area (Å²) in [6.07, 6.45) is -0.679. The summed E-state index contributed by atoms with van der Waals surface area (Å²) in [7, 11) is 0. The van der Waals surface area contributed by atoms with Gasteiger partial charge in [0.1, 0.15) is 0 Å². The van der Waals surface area contributed by atoms with Crippen molar-refractivity contribution in [2.75, 3.05) is 0 Å². The number of carboxylic acids is 3. The van der Waals surface area contributed by atoms with Gasteiger partial charge in [0.15, 0.2) is 70.1 Å². The number of aliphatic hydroxyl groups excluding tert-OH is 9. The molecule has 0 amide bonds. The monoisotopic (exact) mass is 697 g/mol. The third-order valence-electron chi connectivity index (χ3n) is 6.19. The molecular formula is C21H18LaO18. The summed E-state index contributed by atoms with van der Waals surface area (Å²) >= 11 is 0. The Hall–Kier alpha value is -3.88. The summed E-state index contributed by atoms with van der Waals surface area (Å²) in [6, 6.07) is 0. The summed E-state index contributed by atoms with van der Waals surface area (Å²) in [5.41, 5.74) is -5.08. The second-order valence-electron chi connectivity index (χ2n) is 8.58. The first kappa shape index (κ1) is 30.7. The van der Waals surface area contributed by atoms with Crippen molar-refractivity contribution in [3.05, 3.63) is 70.1 Å². The Balaban J connectivity index is 0.000000163. The van der Waals surface area contributed by atoms with E-state index in [1.807, 2.05) is 0 Å². The third kappa shape index (κ3) is 4.41. The minimum absolute atomic E-state index is 0. The van der Waals surface area contributed by atoms with Crippen molar-refractivity contribution in [1.82, 2.24) is 0 Å². The first-order valence-electron chi connectivity index (χ1n) is 10.3. The van der Waals surface area contributed by atoms with Crippen molar-refractivity contribution in [1.29, 1.82) is 0 Å². The molecule has 3 fully saturated rings. The van der Waals surface area contributed by atoms with Crippen LogP contribution in [0.25, 0.3) is 0 Å². The summed E-state index contributed by atoms with van der Waals surface area (Å²) in [4.78, 5) is 31.9. The number of rotatable bonds is 3. The second-order valence-corrected chi connectivity index (χ2v) is 8.58. The molecule has 3 aliphatic carbocycles. The van der Waals surface area contributed by atoms with Crippen molar-refractivity contribution in [2.45, 2.75) is 35.1 Å². The number of fused-ring (bicyclic) bond motifs is 3. The third-order valence-corrected chi connectivity index (χ3v) is 6.19. The Morgan fingerprint density at radius 3 is 0.875 bits per heavy atom. The van der Waals surface area contributed by atoms with Gasteiger partial charge in [-0.15, -0.1) is 0 Å². The van der Waals surface area contributed by atoms with Crippen molar-refractivity contribution in [2.24, 2.45) is 0 Å². The summed E-state index contributed by atoms with van der Waals surface area (Å²) in [6.45, 7) is 0. The molecule has 3 saturated heterocycles. The van der Waals surface area contributed by atoms with Crippen molar-refractivity contribution < 1.29 is 125 Å². The van der Waals surface area contributed by atoms with E-state index in [1.54, 1.807) is 0 Å². The van der Waals surface area contributed by atoms with Crippen LogP contribution in [-0.4, -0.2) is 114 Å². The smallest absolute Gasteiger partial charge is 0.343 e. The molecule has 6 unspecified atom stereocenters. The maximum atomic E-state index is 10.6. The molecule has 18 nitrogen and oxygen atoms in total. The van der Waals surface area contributed by atoms with E-state index in [0.717, 1.165) is 18.2 Å². The van der Waals surface area contributed by atoms with Gasteiger partial charge in [-0.2, -0.15) is 0 Å². The average Bonchev–Trinajstić information content (AvgIpc) is 3.75. The minimum atomic E-state index is -1.69. The molecule has 0 saturated carbocycles. The van der Waals surface area contributed by atoms with E-state index in [0.29, 0.717) is 0 Å². The molecule has 6 atom stereocenters. The average molecular weight is 697 g/mol. The van der Waals surface area contributed by atoms with Crippen LogP contribution in [0.1, 0.15) is 0 Å². The van der Waals surface area contributed by atoms with E-state index < -0.39 is 105 Å². The molecule has 12 N–H and O–H groups in total. The fourth-order valence-electron chi connectivity index (χ4n) is 3.84. The minimum Gasteiger partial charge on any atom is -0.506 e. The Kier molecular flexibility index (Phi) is 7.39. The largest absolute Gasteiger partial charge is 0.506 e. The number of carboxylic acid groups (broad SMARTS) is 3. The summed E-state index contributed by atoms with van der Waals surface area (Å²) < 4.78 is 14.0. The molecule has 3 heterocycles. The zero-order chi connectivity index (χ0) is 29.4. The zero-order valence-electron chi connectivity index (χ0n) is 19.4. The first-order valence-corrected chi connectivity index (χ1v) is 10.3. The quantitative estimate of drug-likeness (QED) is 0.172. The Labute approximate surface area is 247 Å². The molecule has 0 bridgehead atoms. The van der Waals surface area contributed by atoms with Crippen LogP contribution in [0.3, 0.4) is 0 Å². The molecule has 0 aromatic carbocycles. The molecule has 6 rings (SSSR count). The SMILES string of the molecule is O=C(O)C12C=C(O)C(O)=C(O)C1O2.O=C(O)C12C=C(O)C(O)=C(O)C1O2.O=C(O)C12C=C(O)C(O)=C(O)C1O2.[La]. The predicted octanol–water partition coefficient (Wildman–Crippen LogP) is -0.0249. The molecular weight excluding hydrogens is 679 g/mol. The van der Waals surface area contributed by atoms with Gasteiger partial charge in [0.05, 0.1) is 0 Å². The molecule has 0 aromatic rings. The van der Waals surface area contributed by atoms with Crippen LogP contribution in [0.2, 0.25) is 0 Å². The van der Waals surface area contributed by atoms with Gasteiger partial charge in [0, 0.05) is 53.8 Å². The maximum Gasteiger partial charge on any atom is 0.343 e. The van der Waals surface area contributed by atoms with Gasteiger partial charge in [0.25, 0.3) is 0 Å². The first-order chi connectivity index (χ1) is 18.0. The molecule has 19 heteroatoms. The number of hydrogen-bond acceptors (Lipinski definition) is 15. The van der Waals surface area contributed by atoms with Crippen LogP contribution in [0, 0.1) is 35.6 Å². The number of epoxide rings is 3. The van der Waals surface area contributed by atoms with Crippen LogP contribution in [-0.2, 0) is 28.6 Å². The molecule has 40 heavy (non-hydrogen) atoms. The molecule has 0 aromatic heterocycles. The van der Waals surface area contributed by atoms with Gasteiger partial charge < -0.3 is 75.5 Å². The fraction of sp³-hybridized carbons (Fsp3) is 0.286. The van der Waals surface area contributed by atoms with E-state index in [9.17, 15) is 14.4 Å². The number of carbonyl (C=O) groups is 3.